The molecule has 0 saturated carbocycles. The Morgan fingerprint density at radius 3 is 2.84 bits per heavy atom. The molecule has 4 nitrogen and oxygen atoms in total. The van der Waals surface area contributed by atoms with E-state index in [1.54, 1.807) is 11.3 Å². The van der Waals surface area contributed by atoms with Crippen molar-refractivity contribution in [3.8, 4) is 0 Å². The first kappa shape index (κ1) is 14.1. The normalized spacial score (nSPS) is 11.3. The van der Waals surface area contributed by atoms with Gasteiger partial charge in [-0.05, 0) is 38.2 Å². The molecule has 2 rings (SSSR count). The molecule has 0 aliphatic carbocycles. The van der Waals surface area contributed by atoms with Crippen LogP contribution in [0.25, 0.3) is 10.2 Å². The maximum Gasteiger partial charge on any atom is 0.106 e. The molecule has 3 N–H and O–H groups in total. The summed E-state index contributed by atoms with van der Waals surface area (Å²) in [7, 11) is 0. The zero-order valence-corrected chi connectivity index (χ0v) is 12.5. The van der Waals surface area contributed by atoms with Crippen LogP contribution in [0.15, 0.2) is 17.6 Å². The van der Waals surface area contributed by atoms with Crippen LogP contribution in [0.1, 0.15) is 20.3 Å². The number of anilines is 2. The van der Waals surface area contributed by atoms with E-state index in [4.69, 9.17) is 5.73 Å². The smallest absolute Gasteiger partial charge is 0.106 e. The first-order valence-electron chi connectivity index (χ1n) is 6.84. The van der Waals surface area contributed by atoms with Crippen molar-refractivity contribution < 1.29 is 0 Å². The summed E-state index contributed by atoms with van der Waals surface area (Å²) in [6, 6.07) is 4.13. The van der Waals surface area contributed by atoms with Gasteiger partial charge in [-0.15, -0.1) is 11.3 Å². The molecule has 104 valence electrons. The van der Waals surface area contributed by atoms with E-state index in [0.717, 1.165) is 54.2 Å². The summed E-state index contributed by atoms with van der Waals surface area (Å²) in [6.45, 7) is 8.69. The predicted molar refractivity (Wildman–Crippen MR) is 84.9 cm³/mol. The van der Waals surface area contributed by atoms with Crippen LogP contribution in [0, 0.1) is 0 Å². The molecule has 0 saturated heterocycles. The van der Waals surface area contributed by atoms with Crippen molar-refractivity contribution in [1.82, 2.24) is 9.88 Å². The molecular weight excluding hydrogens is 256 g/mol. The van der Waals surface area contributed by atoms with Crippen LogP contribution in [0.4, 0.5) is 11.4 Å². The van der Waals surface area contributed by atoms with Gasteiger partial charge in [0.15, 0.2) is 0 Å². The van der Waals surface area contributed by atoms with Crippen LogP contribution >= 0.6 is 11.3 Å². The van der Waals surface area contributed by atoms with Crippen molar-refractivity contribution in [3.05, 3.63) is 17.6 Å². The fourth-order valence-corrected chi connectivity index (χ4v) is 2.86. The SMILES string of the molecule is CCN(CC)CCCNc1ccc2scnc2c1N. The number of nitrogens with zero attached hydrogens (tertiary/aromatic N) is 2. The molecule has 0 atom stereocenters. The van der Waals surface area contributed by atoms with Crippen LogP contribution in [0.3, 0.4) is 0 Å². The number of aromatic nitrogens is 1. The number of thiazole rings is 1. The van der Waals surface area contributed by atoms with Crippen molar-refractivity contribution in [3.63, 3.8) is 0 Å². The topological polar surface area (TPSA) is 54.2 Å². The summed E-state index contributed by atoms with van der Waals surface area (Å²) in [4.78, 5) is 6.73. The van der Waals surface area contributed by atoms with Gasteiger partial charge in [0.1, 0.15) is 5.52 Å². The Kier molecular flexibility index (Phi) is 4.99. The molecule has 0 aliphatic heterocycles. The third kappa shape index (κ3) is 3.36. The molecule has 0 radical (unpaired) electrons. The molecule has 0 fully saturated rings. The van der Waals surface area contributed by atoms with E-state index < -0.39 is 0 Å². The average Bonchev–Trinajstić information content (AvgIpc) is 2.90. The van der Waals surface area contributed by atoms with E-state index in [2.05, 4.69) is 35.1 Å². The van der Waals surface area contributed by atoms with Gasteiger partial charge in [-0.1, -0.05) is 13.8 Å². The first-order chi connectivity index (χ1) is 9.26. The molecule has 19 heavy (non-hydrogen) atoms. The summed E-state index contributed by atoms with van der Waals surface area (Å²) < 4.78 is 1.14. The van der Waals surface area contributed by atoms with E-state index in [1.165, 1.54) is 0 Å². The number of nitrogens with one attached hydrogen (secondary N) is 1. The van der Waals surface area contributed by atoms with Crippen LogP contribution in [-0.2, 0) is 0 Å². The standard InChI is InChI=1S/C14H22N4S/c1-3-18(4-2)9-5-8-16-11-6-7-12-14(13(11)15)17-10-19-12/h6-7,10,16H,3-5,8-9,15H2,1-2H3. The molecule has 0 aliphatic rings. The van der Waals surface area contributed by atoms with Crippen LogP contribution in [0.2, 0.25) is 0 Å². The van der Waals surface area contributed by atoms with Gasteiger partial charge in [-0.25, -0.2) is 4.98 Å². The zero-order chi connectivity index (χ0) is 13.7. The van der Waals surface area contributed by atoms with Gasteiger partial charge >= 0.3 is 0 Å². The molecule has 1 aromatic carbocycles. The lowest BCUT2D eigenvalue weighted by Gasteiger charge is -2.18. The van der Waals surface area contributed by atoms with Gasteiger partial charge in [0.2, 0.25) is 0 Å². The third-order valence-corrected chi connectivity index (χ3v) is 4.20. The number of fused-ring (bicyclic) bond motifs is 1. The minimum Gasteiger partial charge on any atom is -0.395 e. The Bertz CT molecular complexity index is 519. The number of nitrogens with two attached hydrogens (primary N) is 1. The Balaban J connectivity index is 1.89. The maximum absolute atomic E-state index is 6.13. The molecule has 2 aromatic rings. The van der Waals surface area contributed by atoms with Crippen LogP contribution in [0.5, 0.6) is 0 Å². The molecule has 0 bridgehead atoms. The van der Waals surface area contributed by atoms with E-state index in [0.29, 0.717) is 0 Å². The minimum atomic E-state index is 0.765. The van der Waals surface area contributed by atoms with E-state index in [-0.39, 0.29) is 0 Å². The molecule has 0 unspecified atom stereocenters. The highest BCUT2D eigenvalue weighted by Gasteiger charge is 2.06. The Labute approximate surface area is 118 Å². The molecule has 0 spiro atoms. The van der Waals surface area contributed by atoms with Gasteiger partial charge in [0.25, 0.3) is 0 Å². The highest BCUT2D eigenvalue weighted by Crippen LogP contribution is 2.29. The first-order valence-corrected chi connectivity index (χ1v) is 7.72. The van der Waals surface area contributed by atoms with Gasteiger partial charge in [-0.2, -0.15) is 0 Å². The number of hydrogen-bond donors (Lipinski definition) is 2. The summed E-state index contributed by atoms with van der Waals surface area (Å²) in [5.41, 5.74) is 10.6. The maximum atomic E-state index is 6.13. The highest BCUT2D eigenvalue weighted by atomic mass is 32.1. The molecular formula is C14H22N4S. The second-order valence-corrected chi connectivity index (χ2v) is 5.42. The summed E-state index contributed by atoms with van der Waals surface area (Å²) >= 11 is 1.62. The quantitative estimate of drug-likeness (QED) is 0.604. The lowest BCUT2D eigenvalue weighted by atomic mass is 10.2. The number of nitrogen functional groups attached to an aromatic ring is 1. The monoisotopic (exact) mass is 278 g/mol. The Morgan fingerprint density at radius 1 is 1.32 bits per heavy atom. The van der Waals surface area contributed by atoms with Crippen LogP contribution < -0.4 is 11.1 Å². The van der Waals surface area contributed by atoms with E-state index in [1.807, 2.05) is 11.6 Å². The fourth-order valence-electron chi connectivity index (χ4n) is 2.17. The number of hydrogen-bond acceptors (Lipinski definition) is 5. The molecule has 0 amide bonds. The molecule has 1 heterocycles. The highest BCUT2D eigenvalue weighted by molar-refractivity contribution is 7.16. The Morgan fingerprint density at radius 2 is 2.11 bits per heavy atom. The summed E-state index contributed by atoms with van der Waals surface area (Å²) in [6.07, 6.45) is 1.12. The van der Waals surface area contributed by atoms with Crippen molar-refractivity contribution >= 4 is 32.9 Å². The van der Waals surface area contributed by atoms with E-state index in [9.17, 15) is 0 Å². The van der Waals surface area contributed by atoms with Gasteiger partial charge in [0, 0.05) is 6.54 Å². The largest absolute Gasteiger partial charge is 0.395 e. The van der Waals surface area contributed by atoms with Gasteiger partial charge < -0.3 is 16.0 Å². The average molecular weight is 278 g/mol. The predicted octanol–water partition coefficient (Wildman–Crippen LogP) is 3.02. The minimum absolute atomic E-state index is 0.765. The summed E-state index contributed by atoms with van der Waals surface area (Å²) in [5, 5.41) is 3.41. The lowest BCUT2D eigenvalue weighted by molar-refractivity contribution is 0.303. The summed E-state index contributed by atoms with van der Waals surface area (Å²) in [5.74, 6) is 0. The van der Waals surface area contributed by atoms with Crippen molar-refractivity contribution in [2.75, 3.05) is 37.2 Å². The number of benzene rings is 1. The lowest BCUT2D eigenvalue weighted by Crippen LogP contribution is -2.25. The molecule has 1 aromatic heterocycles. The van der Waals surface area contributed by atoms with Gasteiger partial charge in [0.05, 0.1) is 21.6 Å². The van der Waals surface area contributed by atoms with Crippen molar-refractivity contribution in [2.24, 2.45) is 0 Å². The second kappa shape index (κ2) is 6.73. The second-order valence-electron chi connectivity index (χ2n) is 4.53. The van der Waals surface area contributed by atoms with Crippen LogP contribution in [-0.4, -0.2) is 36.1 Å². The zero-order valence-electron chi connectivity index (χ0n) is 11.6. The Hall–Kier alpha value is -1.33. The third-order valence-electron chi connectivity index (χ3n) is 3.40. The molecule has 5 heteroatoms. The van der Waals surface area contributed by atoms with E-state index >= 15 is 0 Å². The van der Waals surface area contributed by atoms with Gasteiger partial charge in [-0.3, -0.25) is 0 Å². The number of rotatable bonds is 7. The van der Waals surface area contributed by atoms with Crippen molar-refractivity contribution in [2.45, 2.75) is 20.3 Å². The van der Waals surface area contributed by atoms with Crippen molar-refractivity contribution in [1.29, 1.82) is 0 Å². The fraction of sp³-hybridized carbons (Fsp3) is 0.500.